The van der Waals surface area contributed by atoms with Crippen LogP contribution in [0.3, 0.4) is 0 Å². The van der Waals surface area contributed by atoms with Crippen molar-refractivity contribution in [1.29, 1.82) is 0 Å². The Morgan fingerprint density at radius 1 is 1.14 bits per heavy atom. The fourth-order valence-corrected chi connectivity index (χ4v) is 3.65. The van der Waals surface area contributed by atoms with Crippen molar-refractivity contribution in [1.82, 2.24) is 24.9 Å². The molecule has 1 fully saturated rings. The molecule has 0 N–H and O–H groups in total. The number of ether oxygens (including phenoxy) is 2. The van der Waals surface area contributed by atoms with E-state index in [-0.39, 0.29) is 12.0 Å². The minimum absolute atomic E-state index is 0.173. The van der Waals surface area contributed by atoms with Gasteiger partial charge in [0.15, 0.2) is 11.6 Å². The molecule has 0 bridgehead atoms. The van der Waals surface area contributed by atoms with Crippen LogP contribution in [0, 0.1) is 6.92 Å². The molecule has 8 heteroatoms. The summed E-state index contributed by atoms with van der Waals surface area (Å²) in [6, 6.07) is 3.77. The zero-order chi connectivity index (χ0) is 20.4. The van der Waals surface area contributed by atoms with Crippen molar-refractivity contribution < 1.29 is 14.0 Å². The fraction of sp³-hybridized carbons (Fsp3) is 0.524. The van der Waals surface area contributed by atoms with E-state index in [4.69, 9.17) is 14.0 Å². The second-order valence-electron chi connectivity index (χ2n) is 7.82. The second kappa shape index (κ2) is 8.23. The van der Waals surface area contributed by atoms with Crippen LogP contribution in [0.5, 0.6) is 11.6 Å². The highest BCUT2D eigenvalue weighted by Gasteiger charge is 2.28. The van der Waals surface area contributed by atoms with Gasteiger partial charge < -0.3 is 14.0 Å². The Hall–Kier alpha value is -2.90. The van der Waals surface area contributed by atoms with Gasteiger partial charge in [-0.25, -0.2) is 9.67 Å². The molecule has 3 aromatic heterocycles. The van der Waals surface area contributed by atoms with Crippen LogP contribution in [0.15, 0.2) is 29.0 Å². The lowest BCUT2D eigenvalue weighted by molar-refractivity contribution is 0.139. The van der Waals surface area contributed by atoms with Gasteiger partial charge >= 0.3 is 0 Å². The van der Waals surface area contributed by atoms with E-state index in [1.165, 1.54) is 0 Å². The third kappa shape index (κ3) is 4.26. The van der Waals surface area contributed by atoms with E-state index in [1.54, 1.807) is 18.0 Å². The summed E-state index contributed by atoms with van der Waals surface area (Å²) < 4.78 is 18.6. The molecular weight excluding hydrogens is 370 g/mol. The van der Waals surface area contributed by atoms with Gasteiger partial charge in [0.2, 0.25) is 11.8 Å². The van der Waals surface area contributed by atoms with Crippen LogP contribution in [-0.2, 0) is 0 Å². The minimum atomic E-state index is 0.173. The van der Waals surface area contributed by atoms with Gasteiger partial charge in [-0.3, -0.25) is 0 Å². The Morgan fingerprint density at radius 2 is 1.93 bits per heavy atom. The highest BCUT2D eigenvalue weighted by atomic mass is 16.5. The summed E-state index contributed by atoms with van der Waals surface area (Å²) in [5.41, 5.74) is 1.75. The topological polar surface area (TPSA) is 88.1 Å². The largest absolute Gasteiger partial charge is 0.487 e. The van der Waals surface area contributed by atoms with E-state index >= 15 is 0 Å². The third-order valence-corrected chi connectivity index (χ3v) is 5.35. The number of hydrogen-bond acceptors (Lipinski definition) is 7. The van der Waals surface area contributed by atoms with Crippen LogP contribution < -0.4 is 9.47 Å². The molecule has 1 saturated carbocycles. The minimum Gasteiger partial charge on any atom is -0.487 e. The molecule has 3 aromatic rings. The van der Waals surface area contributed by atoms with Crippen LogP contribution in [0.2, 0.25) is 0 Å². The van der Waals surface area contributed by atoms with E-state index in [2.05, 4.69) is 34.1 Å². The molecule has 0 saturated heterocycles. The number of pyridine rings is 1. The van der Waals surface area contributed by atoms with E-state index in [9.17, 15) is 0 Å². The van der Waals surface area contributed by atoms with Crippen molar-refractivity contribution >= 4 is 0 Å². The lowest BCUT2D eigenvalue weighted by Gasteiger charge is -2.26. The number of aryl methyl sites for hydroxylation is 1. The Labute approximate surface area is 170 Å². The molecule has 0 amide bonds. The van der Waals surface area contributed by atoms with Gasteiger partial charge in [0, 0.05) is 17.9 Å². The second-order valence-corrected chi connectivity index (χ2v) is 7.82. The first-order valence-corrected chi connectivity index (χ1v) is 10.1. The van der Waals surface area contributed by atoms with Crippen LogP contribution in [0.1, 0.15) is 68.8 Å². The van der Waals surface area contributed by atoms with E-state index in [0.717, 1.165) is 54.5 Å². The predicted octanol–water partition coefficient (Wildman–Crippen LogP) is 4.20. The van der Waals surface area contributed by atoms with Gasteiger partial charge in [-0.2, -0.15) is 10.1 Å². The normalized spacial score (nSPS) is 19.5. The molecule has 8 nitrogen and oxygen atoms in total. The lowest BCUT2D eigenvalue weighted by Crippen LogP contribution is -2.23. The van der Waals surface area contributed by atoms with Crippen molar-refractivity contribution in [2.75, 3.05) is 7.11 Å². The predicted molar refractivity (Wildman–Crippen MR) is 107 cm³/mol. The van der Waals surface area contributed by atoms with E-state index in [1.807, 2.05) is 25.3 Å². The van der Waals surface area contributed by atoms with Crippen molar-refractivity contribution in [3.05, 3.63) is 41.9 Å². The molecule has 0 aliphatic heterocycles. The molecule has 4 rings (SSSR count). The smallest absolute Gasteiger partial charge is 0.229 e. The number of methoxy groups -OCH3 is 1. The van der Waals surface area contributed by atoms with Gasteiger partial charge in [-0.1, -0.05) is 19.0 Å². The SMILES string of the molecule is COc1ccc(-n2cc(OC3CCC(c4nc(C(C)C)no4)CC3)cn2)c(C)n1. The average molecular weight is 397 g/mol. The summed E-state index contributed by atoms with van der Waals surface area (Å²) >= 11 is 0. The van der Waals surface area contributed by atoms with Crippen molar-refractivity contribution in [3.63, 3.8) is 0 Å². The summed E-state index contributed by atoms with van der Waals surface area (Å²) in [4.78, 5) is 8.95. The first-order valence-electron chi connectivity index (χ1n) is 10.1. The third-order valence-electron chi connectivity index (χ3n) is 5.35. The molecule has 0 spiro atoms. The van der Waals surface area contributed by atoms with Gasteiger partial charge in [0.25, 0.3) is 0 Å². The molecule has 0 aromatic carbocycles. The maximum absolute atomic E-state index is 6.17. The molecule has 1 aliphatic rings. The highest BCUT2D eigenvalue weighted by Crippen LogP contribution is 2.34. The number of nitrogens with zero attached hydrogens (tertiary/aromatic N) is 5. The first kappa shape index (κ1) is 19.4. The van der Waals surface area contributed by atoms with Crippen LogP contribution in [-0.4, -0.2) is 38.1 Å². The summed E-state index contributed by atoms with van der Waals surface area (Å²) in [5, 5.41) is 8.51. The quantitative estimate of drug-likeness (QED) is 0.616. The molecular formula is C21H27N5O3. The van der Waals surface area contributed by atoms with Crippen molar-refractivity contribution in [3.8, 4) is 17.3 Å². The molecule has 0 atom stereocenters. The van der Waals surface area contributed by atoms with E-state index < -0.39 is 0 Å². The van der Waals surface area contributed by atoms with Crippen molar-refractivity contribution in [2.24, 2.45) is 0 Å². The van der Waals surface area contributed by atoms with Crippen molar-refractivity contribution in [2.45, 2.75) is 64.4 Å². The molecule has 0 radical (unpaired) electrons. The highest BCUT2D eigenvalue weighted by molar-refractivity contribution is 5.38. The van der Waals surface area contributed by atoms with Gasteiger partial charge in [0.1, 0.15) is 0 Å². The zero-order valence-corrected chi connectivity index (χ0v) is 17.3. The molecule has 154 valence electrons. The summed E-state index contributed by atoms with van der Waals surface area (Å²) in [7, 11) is 1.61. The number of rotatable bonds is 6. The maximum Gasteiger partial charge on any atom is 0.229 e. The van der Waals surface area contributed by atoms with E-state index in [0.29, 0.717) is 11.8 Å². The number of aromatic nitrogens is 5. The molecule has 1 aliphatic carbocycles. The first-order chi connectivity index (χ1) is 14.0. The Balaban J connectivity index is 1.35. The number of hydrogen-bond donors (Lipinski definition) is 0. The Kier molecular flexibility index (Phi) is 5.51. The Morgan fingerprint density at radius 3 is 2.59 bits per heavy atom. The maximum atomic E-state index is 6.17. The van der Waals surface area contributed by atoms with Crippen LogP contribution in [0.4, 0.5) is 0 Å². The monoisotopic (exact) mass is 397 g/mol. The molecule has 29 heavy (non-hydrogen) atoms. The average Bonchev–Trinajstić information content (AvgIpc) is 3.38. The van der Waals surface area contributed by atoms with Crippen LogP contribution >= 0.6 is 0 Å². The summed E-state index contributed by atoms with van der Waals surface area (Å²) in [6.07, 6.45) is 7.71. The fourth-order valence-electron chi connectivity index (χ4n) is 3.65. The Bertz CT molecular complexity index is 957. The molecule has 0 unspecified atom stereocenters. The van der Waals surface area contributed by atoms with Gasteiger partial charge in [0.05, 0.1) is 37.0 Å². The lowest BCUT2D eigenvalue weighted by atomic mass is 9.87. The van der Waals surface area contributed by atoms with Gasteiger partial charge in [-0.15, -0.1) is 0 Å². The summed E-state index contributed by atoms with van der Waals surface area (Å²) in [5.74, 6) is 3.52. The van der Waals surface area contributed by atoms with Crippen LogP contribution in [0.25, 0.3) is 5.69 Å². The van der Waals surface area contributed by atoms with Gasteiger partial charge in [-0.05, 0) is 38.7 Å². The molecule has 3 heterocycles. The summed E-state index contributed by atoms with van der Waals surface area (Å²) in [6.45, 7) is 6.08. The standard InChI is InChI=1S/C21H27N5O3/c1-13(2)20-24-21(29-25-20)15-5-7-16(8-6-15)28-17-11-22-26(12-17)18-9-10-19(27-4)23-14(18)3/h9-13,15-16H,5-8H2,1-4H3. The zero-order valence-electron chi connectivity index (χ0n) is 17.3.